The minimum Gasteiger partial charge on any atom is -0.466 e. The standard InChI is InChI=1S/C9H15NO3.2C2H6/c1-2-13-8(11)7-3-10-4-9(7)5-12-6-9;2*1-2/h7,10H,2-6H2,1H3;2*1-2H3. The van der Waals surface area contributed by atoms with Crippen molar-refractivity contribution in [2.24, 2.45) is 11.3 Å². The molecule has 4 heteroatoms. The van der Waals surface area contributed by atoms with Gasteiger partial charge in [0.1, 0.15) is 0 Å². The summed E-state index contributed by atoms with van der Waals surface area (Å²) in [5, 5.41) is 3.22. The summed E-state index contributed by atoms with van der Waals surface area (Å²) in [6.07, 6.45) is 0. The zero-order valence-corrected chi connectivity index (χ0v) is 11.8. The van der Waals surface area contributed by atoms with Crippen molar-refractivity contribution >= 4 is 5.97 Å². The fraction of sp³-hybridized carbons (Fsp3) is 0.923. The van der Waals surface area contributed by atoms with Gasteiger partial charge in [0.15, 0.2) is 0 Å². The molecule has 2 rings (SSSR count). The molecule has 17 heavy (non-hydrogen) atoms. The fourth-order valence-electron chi connectivity index (χ4n) is 2.05. The molecular formula is C13H27NO3. The lowest BCUT2D eigenvalue weighted by molar-refractivity contribution is -0.169. The highest BCUT2D eigenvalue weighted by Crippen LogP contribution is 2.39. The van der Waals surface area contributed by atoms with Gasteiger partial charge in [-0.2, -0.15) is 0 Å². The number of carbonyl (C=O) groups excluding carboxylic acids is 1. The van der Waals surface area contributed by atoms with E-state index in [9.17, 15) is 4.79 Å². The zero-order valence-electron chi connectivity index (χ0n) is 11.8. The van der Waals surface area contributed by atoms with Gasteiger partial charge in [-0.25, -0.2) is 0 Å². The quantitative estimate of drug-likeness (QED) is 0.754. The SMILES string of the molecule is CC.CC.CCOC(=O)C1CNCC12COC2. The maximum atomic E-state index is 11.5. The first-order valence-electron chi connectivity index (χ1n) is 6.73. The summed E-state index contributed by atoms with van der Waals surface area (Å²) in [5.41, 5.74) is 0.0479. The van der Waals surface area contributed by atoms with Crippen LogP contribution in [0, 0.1) is 11.3 Å². The normalized spacial score (nSPS) is 23.7. The first kappa shape index (κ1) is 16.4. The molecule has 0 aliphatic carbocycles. The molecule has 102 valence electrons. The molecule has 0 aromatic rings. The molecule has 0 amide bonds. The van der Waals surface area contributed by atoms with Gasteiger partial charge in [0.05, 0.1) is 25.7 Å². The van der Waals surface area contributed by atoms with Crippen molar-refractivity contribution in [2.45, 2.75) is 34.6 Å². The van der Waals surface area contributed by atoms with E-state index in [1.54, 1.807) is 0 Å². The molecule has 0 aromatic heterocycles. The molecule has 1 N–H and O–H groups in total. The Labute approximate surface area is 105 Å². The molecular weight excluding hydrogens is 218 g/mol. The lowest BCUT2D eigenvalue weighted by atomic mass is 9.76. The van der Waals surface area contributed by atoms with Crippen LogP contribution >= 0.6 is 0 Å². The predicted molar refractivity (Wildman–Crippen MR) is 68.9 cm³/mol. The van der Waals surface area contributed by atoms with Crippen LogP contribution in [0.25, 0.3) is 0 Å². The van der Waals surface area contributed by atoms with Crippen molar-refractivity contribution in [1.29, 1.82) is 0 Å². The molecule has 1 spiro atoms. The van der Waals surface area contributed by atoms with Gasteiger partial charge in [0.2, 0.25) is 0 Å². The molecule has 2 fully saturated rings. The van der Waals surface area contributed by atoms with Gasteiger partial charge >= 0.3 is 5.97 Å². The topological polar surface area (TPSA) is 47.6 Å². The minimum atomic E-state index is -0.0733. The van der Waals surface area contributed by atoms with E-state index in [1.807, 2.05) is 34.6 Å². The van der Waals surface area contributed by atoms with Crippen LogP contribution in [0.1, 0.15) is 34.6 Å². The monoisotopic (exact) mass is 245 g/mol. The highest BCUT2D eigenvalue weighted by atomic mass is 16.5. The van der Waals surface area contributed by atoms with Gasteiger partial charge in [-0.1, -0.05) is 27.7 Å². The Bertz CT molecular complexity index is 215. The Balaban J connectivity index is 0.000000581. The van der Waals surface area contributed by atoms with Crippen LogP contribution < -0.4 is 5.32 Å². The van der Waals surface area contributed by atoms with Gasteiger partial charge in [0.25, 0.3) is 0 Å². The summed E-state index contributed by atoms with van der Waals surface area (Å²) in [5.74, 6) is -0.0722. The Hall–Kier alpha value is -0.610. The number of hydrogen-bond donors (Lipinski definition) is 1. The number of carbonyl (C=O) groups is 1. The van der Waals surface area contributed by atoms with Crippen LogP contribution in [0.2, 0.25) is 0 Å². The maximum absolute atomic E-state index is 11.5. The van der Waals surface area contributed by atoms with Crippen molar-refractivity contribution in [3.63, 3.8) is 0 Å². The van der Waals surface area contributed by atoms with E-state index in [-0.39, 0.29) is 17.3 Å². The predicted octanol–water partition coefficient (Wildman–Crippen LogP) is 1.84. The molecule has 0 aromatic carbocycles. The van der Waals surface area contributed by atoms with Crippen molar-refractivity contribution in [1.82, 2.24) is 5.32 Å². The maximum Gasteiger partial charge on any atom is 0.311 e. The highest BCUT2D eigenvalue weighted by Gasteiger charge is 2.52. The molecule has 2 aliphatic rings. The van der Waals surface area contributed by atoms with Crippen LogP contribution in [0.4, 0.5) is 0 Å². The first-order chi connectivity index (χ1) is 8.28. The molecule has 0 saturated carbocycles. The Morgan fingerprint density at radius 3 is 2.35 bits per heavy atom. The largest absolute Gasteiger partial charge is 0.466 e. The molecule has 1 unspecified atom stereocenters. The third-order valence-corrected chi connectivity index (χ3v) is 2.91. The smallest absolute Gasteiger partial charge is 0.311 e. The number of ether oxygens (including phenoxy) is 2. The third-order valence-electron chi connectivity index (χ3n) is 2.91. The molecule has 2 aliphatic heterocycles. The van der Waals surface area contributed by atoms with Gasteiger partial charge in [0, 0.05) is 18.5 Å². The lowest BCUT2D eigenvalue weighted by Gasteiger charge is -2.40. The average molecular weight is 245 g/mol. The summed E-state index contributed by atoms with van der Waals surface area (Å²) in [4.78, 5) is 11.5. The molecule has 4 nitrogen and oxygen atoms in total. The summed E-state index contributed by atoms with van der Waals surface area (Å²) in [6, 6.07) is 0. The second kappa shape index (κ2) is 8.48. The van der Waals surface area contributed by atoms with E-state index in [0.29, 0.717) is 19.8 Å². The van der Waals surface area contributed by atoms with Crippen LogP contribution in [0.3, 0.4) is 0 Å². The first-order valence-corrected chi connectivity index (χ1v) is 6.73. The van der Waals surface area contributed by atoms with E-state index >= 15 is 0 Å². The van der Waals surface area contributed by atoms with E-state index in [0.717, 1.165) is 13.1 Å². The summed E-state index contributed by atoms with van der Waals surface area (Å²) >= 11 is 0. The van der Waals surface area contributed by atoms with Crippen molar-refractivity contribution in [3.05, 3.63) is 0 Å². The highest BCUT2D eigenvalue weighted by molar-refractivity contribution is 5.74. The Kier molecular flexibility index (Phi) is 8.17. The Morgan fingerprint density at radius 2 is 1.94 bits per heavy atom. The van der Waals surface area contributed by atoms with Crippen molar-refractivity contribution in [3.8, 4) is 0 Å². The van der Waals surface area contributed by atoms with E-state index in [1.165, 1.54) is 0 Å². The third kappa shape index (κ3) is 3.68. The van der Waals surface area contributed by atoms with Crippen LogP contribution in [-0.4, -0.2) is 38.9 Å². The van der Waals surface area contributed by atoms with Gasteiger partial charge in [-0.3, -0.25) is 4.79 Å². The number of nitrogens with one attached hydrogen (secondary N) is 1. The summed E-state index contributed by atoms with van der Waals surface area (Å²) in [6.45, 7) is 13.3. The summed E-state index contributed by atoms with van der Waals surface area (Å²) < 4.78 is 10.2. The second-order valence-electron chi connectivity index (χ2n) is 3.79. The van der Waals surface area contributed by atoms with Gasteiger partial charge in [-0.15, -0.1) is 0 Å². The fourth-order valence-corrected chi connectivity index (χ4v) is 2.05. The van der Waals surface area contributed by atoms with E-state index in [4.69, 9.17) is 9.47 Å². The minimum absolute atomic E-state index is 0.00111. The zero-order chi connectivity index (χ0) is 13.3. The molecule has 2 heterocycles. The molecule has 1 atom stereocenters. The van der Waals surface area contributed by atoms with Crippen molar-refractivity contribution < 1.29 is 14.3 Å². The number of hydrogen-bond acceptors (Lipinski definition) is 4. The summed E-state index contributed by atoms with van der Waals surface area (Å²) in [7, 11) is 0. The van der Waals surface area contributed by atoms with Gasteiger partial charge in [-0.05, 0) is 6.92 Å². The molecule has 0 bridgehead atoms. The second-order valence-corrected chi connectivity index (χ2v) is 3.79. The number of rotatable bonds is 2. The lowest BCUT2D eigenvalue weighted by Crippen LogP contribution is -2.51. The Morgan fingerprint density at radius 1 is 1.35 bits per heavy atom. The van der Waals surface area contributed by atoms with E-state index in [2.05, 4.69) is 5.32 Å². The van der Waals surface area contributed by atoms with Crippen LogP contribution in [-0.2, 0) is 14.3 Å². The van der Waals surface area contributed by atoms with Crippen molar-refractivity contribution in [2.75, 3.05) is 32.9 Å². The number of esters is 1. The average Bonchev–Trinajstić information content (AvgIpc) is 2.79. The molecule has 0 radical (unpaired) electrons. The molecule has 2 saturated heterocycles. The van der Waals surface area contributed by atoms with Crippen LogP contribution in [0.15, 0.2) is 0 Å². The van der Waals surface area contributed by atoms with Gasteiger partial charge < -0.3 is 14.8 Å². The van der Waals surface area contributed by atoms with Crippen LogP contribution in [0.5, 0.6) is 0 Å². The van der Waals surface area contributed by atoms with E-state index < -0.39 is 0 Å².